The van der Waals surface area contributed by atoms with Gasteiger partial charge in [-0.3, -0.25) is 9.69 Å². The third kappa shape index (κ3) is 5.05. The van der Waals surface area contributed by atoms with Crippen LogP contribution in [0.2, 0.25) is 0 Å². The van der Waals surface area contributed by atoms with Gasteiger partial charge in [0.2, 0.25) is 0 Å². The molecule has 10 heteroatoms. The predicted octanol–water partition coefficient (Wildman–Crippen LogP) is 4.47. The number of H-pyrrole nitrogens is 1. The maximum Gasteiger partial charge on any atom is 0.253 e. The second-order valence-corrected chi connectivity index (χ2v) is 11.0. The highest BCUT2D eigenvalue weighted by atomic mass is 32.1. The molecular weight excluding hydrogens is 488 g/mol. The number of aromatic nitrogens is 5. The number of ether oxygens (including phenoxy) is 2. The van der Waals surface area contributed by atoms with Gasteiger partial charge < -0.3 is 14.5 Å². The lowest BCUT2D eigenvalue weighted by Gasteiger charge is -2.33. The Morgan fingerprint density at radius 1 is 1.22 bits per heavy atom. The standard InChI is InChI=1S/C27H32N6O3S/c1-35-20-10-11-24-18(14-20)15-23(27(34)28-24)25(26-29-30-31-33(26)19-6-2-3-7-19)32(16-21-8-4-12-36-21)17-22-9-5-13-37-22/h5,9-11,13-15,19,21,25H,2-4,6-8,12,16-17H2,1H3,(H,28,34)/t21-,25-/m1/s1. The molecule has 4 heterocycles. The number of tetrazole rings is 1. The predicted molar refractivity (Wildman–Crippen MR) is 142 cm³/mol. The van der Waals surface area contributed by atoms with Crippen LogP contribution in [-0.2, 0) is 11.3 Å². The molecule has 0 unspecified atom stereocenters. The number of thiophene rings is 1. The van der Waals surface area contributed by atoms with Crippen LogP contribution in [0, 0.1) is 0 Å². The molecule has 1 aliphatic carbocycles. The fourth-order valence-corrected chi connectivity index (χ4v) is 6.46. The van der Waals surface area contributed by atoms with Crippen LogP contribution in [0.25, 0.3) is 10.9 Å². The zero-order valence-corrected chi connectivity index (χ0v) is 21.8. The SMILES string of the molecule is COc1ccc2[nH]c(=O)c([C@H](c3nnnn3C3CCCC3)N(Cc3cccs3)C[C@H]3CCCO3)cc2c1. The molecular formula is C27H32N6O3S. The Labute approximate surface area is 219 Å². The van der Waals surface area contributed by atoms with Crippen molar-refractivity contribution in [1.29, 1.82) is 0 Å². The van der Waals surface area contributed by atoms with Crippen LogP contribution in [-0.4, -0.2) is 56.5 Å². The highest BCUT2D eigenvalue weighted by Crippen LogP contribution is 2.35. The van der Waals surface area contributed by atoms with E-state index in [-0.39, 0.29) is 17.7 Å². The van der Waals surface area contributed by atoms with E-state index >= 15 is 0 Å². The summed E-state index contributed by atoms with van der Waals surface area (Å²) >= 11 is 1.72. The fraction of sp³-hybridized carbons (Fsp3) is 0.481. The average molecular weight is 521 g/mol. The van der Waals surface area contributed by atoms with E-state index in [0.29, 0.717) is 24.5 Å². The summed E-state index contributed by atoms with van der Waals surface area (Å²) < 4.78 is 13.5. The monoisotopic (exact) mass is 520 g/mol. The minimum absolute atomic E-state index is 0.109. The molecule has 2 aliphatic rings. The van der Waals surface area contributed by atoms with Crippen LogP contribution in [0.1, 0.15) is 66.9 Å². The second-order valence-electron chi connectivity index (χ2n) is 9.97. The molecule has 0 radical (unpaired) electrons. The van der Waals surface area contributed by atoms with Crippen molar-refractivity contribution in [2.45, 2.75) is 63.3 Å². The number of hydrogen-bond donors (Lipinski definition) is 1. The van der Waals surface area contributed by atoms with Gasteiger partial charge in [-0.15, -0.1) is 16.4 Å². The number of rotatable bonds is 9. The topological polar surface area (TPSA) is 98.2 Å². The lowest BCUT2D eigenvalue weighted by Crippen LogP contribution is -2.39. The number of nitrogens with one attached hydrogen (secondary N) is 1. The van der Waals surface area contributed by atoms with Crippen molar-refractivity contribution in [1.82, 2.24) is 30.1 Å². The van der Waals surface area contributed by atoms with Crippen LogP contribution >= 0.6 is 11.3 Å². The zero-order valence-electron chi connectivity index (χ0n) is 21.0. The molecule has 6 rings (SSSR count). The molecule has 1 aromatic carbocycles. The first-order valence-electron chi connectivity index (χ1n) is 13.1. The minimum Gasteiger partial charge on any atom is -0.497 e. The van der Waals surface area contributed by atoms with Gasteiger partial charge in [0.25, 0.3) is 5.56 Å². The maximum atomic E-state index is 13.7. The Morgan fingerprint density at radius 3 is 2.86 bits per heavy atom. The number of hydrogen-bond acceptors (Lipinski definition) is 8. The van der Waals surface area contributed by atoms with Gasteiger partial charge in [0.05, 0.1) is 19.3 Å². The first-order valence-corrected chi connectivity index (χ1v) is 13.9. The average Bonchev–Trinajstić information content (AvgIpc) is 3.73. The Bertz CT molecular complexity index is 1390. The van der Waals surface area contributed by atoms with Gasteiger partial charge in [0.15, 0.2) is 5.82 Å². The molecule has 1 N–H and O–H groups in total. The molecule has 2 fully saturated rings. The minimum atomic E-state index is -0.429. The number of fused-ring (bicyclic) bond motifs is 1. The smallest absolute Gasteiger partial charge is 0.253 e. The molecule has 0 bridgehead atoms. The number of aromatic amines is 1. The summed E-state index contributed by atoms with van der Waals surface area (Å²) in [4.78, 5) is 20.3. The molecule has 194 valence electrons. The summed E-state index contributed by atoms with van der Waals surface area (Å²) in [5, 5.41) is 16.1. The van der Waals surface area contributed by atoms with E-state index in [1.54, 1.807) is 18.4 Å². The Morgan fingerprint density at radius 2 is 2.11 bits per heavy atom. The Hall–Kier alpha value is -3.08. The van der Waals surface area contributed by atoms with Gasteiger partial charge in [-0.05, 0) is 71.8 Å². The van der Waals surface area contributed by atoms with Crippen LogP contribution in [0.15, 0.2) is 46.6 Å². The lowest BCUT2D eigenvalue weighted by atomic mass is 10.0. The zero-order chi connectivity index (χ0) is 25.2. The van der Waals surface area contributed by atoms with Gasteiger partial charge in [-0.2, -0.15) is 0 Å². The molecule has 4 aromatic rings. The number of benzene rings is 1. The number of nitrogens with zero attached hydrogens (tertiary/aromatic N) is 5. The van der Waals surface area contributed by atoms with E-state index in [4.69, 9.17) is 9.47 Å². The summed E-state index contributed by atoms with van der Waals surface area (Å²) in [6, 6.07) is 11.7. The number of methoxy groups -OCH3 is 1. The largest absolute Gasteiger partial charge is 0.497 e. The molecule has 0 spiro atoms. The van der Waals surface area contributed by atoms with Crippen molar-refractivity contribution in [2.75, 3.05) is 20.3 Å². The van der Waals surface area contributed by atoms with E-state index in [2.05, 4.69) is 42.9 Å². The molecule has 1 saturated heterocycles. The van der Waals surface area contributed by atoms with Gasteiger partial charge in [-0.25, -0.2) is 4.68 Å². The summed E-state index contributed by atoms with van der Waals surface area (Å²) in [5.41, 5.74) is 1.27. The molecule has 3 aromatic heterocycles. The Balaban J connectivity index is 1.50. The van der Waals surface area contributed by atoms with Gasteiger partial charge in [0.1, 0.15) is 11.8 Å². The first kappa shape index (κ1) is 24.3. The van der Waals surface area contributed by atoms with Crippen LogP contribution in [0.5, 0.6) is 5.75 Å². The van der Waals surface area contributed by atoms with Gasteiger partial charge in [0, 0.05) is 41.0 Å². The summed E-state index contributed by atoms with van der Waals surface area (Å²) in [7, 11) is 1.65. The molecule has 1 saturated carbocycles. The van der Waals surface area contributed by atoms with Crippen molar-refractivity contribution in [2.24, 2.45) is 0 Å². The lowest BCUT2D eigenvalue weighted by molar-refractivity contribution is 0.0574. The Kier molecular flexibility index (Phi) is 7.04. The quantitative estimate of drug-likeness (QED) is 0.348. The highest BCUT2D eigenvalue weighted by Gasteiger charge is 2.35. The maximum absolute atomic E-state index is 13.7. The molecule has 2 atom stereocenters. The van der Waals surface area contributed by atoms with Crippen LogP contribution < -0.4 is 10.3 Å². The molecule has 0 amide bonds. The van der Waals surface area contributed by atoms with E-state index < -0.39 is 6.04 Å². The third-order valence-corrected chi connectivity index (χ3v) is 8.44. The number of pyridine rings is 1. The molecule has 9 nitrogen and oxygen atoms in total. The summed E-state index contributed by atoms with van der Waals surface area (Å²) in [5.74, 6) is 1.46. The van der Waals surface area contributed by atoms with E-state index in [1.807, 2.05) is 28.9 Å². The van der Waals surface area contributed by atoms with Crippen LogP contribution in [0.3, 0.4) is 0 Å². The van der Waals surface area contributed by atoms with Crippen molar-refractivity contribution >= 4 is 22.2 Å². The van der Waals surface area contributed by atoms with Gasteiger partial charge in [-0.1, -0.05) is 18.9 Å². The van der Waals surface area contributed by atoms with E-state index in [9.17, 15) is 4.79 Å². The summed E-state index contributed by atoms with van der Waals surface area (Å²) in [6.45, 7) is 2.14. The van der Waals surface area contributed by atoms with Crippen molar-refractivity contribution in [3.63, 3.8) is 0 Å². The van der Waals surface area contributed by atoms with Crippen molar-refractivity contribution in [3.8, 4) is 5.75 Å². The van der Waals surface area contributed by atoms with E-state index in [0.717, 1.165) is 48.9 Å². The van der Waals surface area contributed by atoms with E-state index in [1.165, 1.54) is 17.7 Å². The third-order valence-electron chi connectivity index (χ3n) is 7.57. The molecule has 1 aliphatic heterocycles. The first-order chi connectivity index (χ1) is 18.2. The second kappa shape index (κ2) is 10.7. The summed E-state index contributed by atoms with van der Waals surface area (Å²) in [6.07, 6.45) is 6.60. The van der Waals surface area contributed by atoms with Crippen LogP contribution in [0.4, 0.5) is 0 Å². The molecule has 37 heavy (non-hydrogen) atoms. The van der Waals surface area contributed by atoms with Gasteiger partial charge >= 0.3 is 0 Å². The van der Waals surface area contributed by atoms with Crippen molar-refractivity contribution < 1.29 is 9.47 Å². The highest BCUT2D eigenvalue weighted by molar-refractivity contribution is 7.09. The van der Waals surface area contributed by atoms with Crippen molar-refractivity contribution in [3.05, 3.63) is 68.4 Å². The normalized spacial score (nSPS) is 19.2. The fourth-order valence-electron chi connectivity index (χ4n) is 5.73.